The van der Waals surface area contributed by atoms with E-state index >= 15 is 0 Å². The Hall–Kier alpha value is -6.40. The molecule has 0 fully saturated rings. The van der Waals surface area contributed by atoms with Gasteiger partial charge in [-0.15, -0.1) is 15.3 Å². The number of hydrogen-bond acceptors (Lipinski definition) is 5. The maximum atomic E-state index is 10.5. The first-order valence-corrected chi connectivity index (χ1v) is 14.9. The number of nitrogens with zero attached hydrogens (tertiary/aromatic N) is 4. The minimum Gasteiger partial charge on any atom is -0.492 e. The highest BCUT2D eigenvalue weighted by molar-refractivity contribution is 5.93. The van der Waals surface area contributed by atoms with E-state index in [-0.39, 0.29) is 5.90 Å². The fraction of sp³-hybridized carbons (Fsp3) is 0. The summed E-state index contributed by atoms with van der Waals surface area (Å²) in [5, 5.41) is 27.1. The average Bonchev–Trinajstić information content (AvgIpc) is 3.63. The predicted molar refractivity (Wildman–Crippen MR) is 185 cm³/mol. The minimum absolute atomic E-state index is 0.152. The summed E-state index contributed by atoms with van der Waals surface area (Å²) in [7, 11) is 0. The molecule has 46 heavy (non-hydrogen) atoms. The second-order valence-electron chi connectivity index (χ2n) is 10.7. The van der Waals surface area contributed by atoms with Crippen LogP contribution in [0.5, 0.6) is 0 Å². The van der Waals surface area contributed by atoms with E-state index in [9.17, 15) is 5.11 Å². The number of aliphatic hydroxyl groups is 1. The molecule has 1 heterocycles. The first-order valence-electron chi connectivity index (χ1n) is 14.9. The van der Waals surface area contributed by atoms with Gasteiger partial charge in [0.1, 0.15) is 0 Å². The van der Waals surface area contributed by atoms with Crippen LogP contribution in [0.4, 0.5) is 0 Å². The van der Waals surface area contributed by atoms with E-state index in [1.54, 1.807) is 6.21 Å². The highest BCUT2D eigenvalue weighted by Crippen LogP contribution is 2.29. The Morgan fingerprint density at radius 3 is 1.28 bits per heavy atom. The second-order valence-corrected chi connectivity index (χ2v) is 10.7. The average molecular weight is 597 g/mol. The Kier molecular flexibility index (Phi) is 8.07. The van der Waals surface area contributed by atoms with Crippen LogP contribution in [0.25, 0.3) is 56.3 Å². The topological polar surface area (TPSA) is 83.9 Å². The highest BCUT2D eigenvalue weighted by Gasteiger charge is 2.11. The van der Waals surface area contributed by atoms with Gasteiger partial charge in [-0.25, -0.2) is 0 Å². The van der Waals surface area contributed by atoms with Gasteiger partial charge >= 0.3 is 0 Å². The van der Waals surface area contributed by atoms with Crippen molar-refractivity contribution >= 4 is 12.1 Å². The fourth-order valence-corrected chi connectivity index (χ4v) is 5.11. The maximum Gasteiger partial charge on any atom is 0.248 e. The van der Waals surface area contributed by atoms with E-state index in [2.05, 4.69) is 56.8 Å². The number of aliphatic hydroxyl groups excluding tert-OH is 1. The Morgan fingerprint density at radius 2 is 0.826 bits per heavy atom. The van der Waals surface area contributed by atoms with Gasteiger partial charge in [0.15, 0.2) is 0 Å². The van der Waals surface area contributed by atoms with Crippen LogP contribution in [0.3, 0.4) is 0 Å². The van der Waals surface area contributed by atoms with E-state index in [0.717, 1.165) is 50.1 Å². The fourth-order valence-electron chi connectivity index (χ4n) is 5.11. The summed E-state index contributed by atoms with van der Waals surface area (Å²) in [5.41, 5.74) is 9.75. The Morgan fingerprint density at radius 1 is 0.457 bits per heavy atom. The lowest BCUT2D eigenvalue weighted by Gasteiger charge is -2.04. The van der Waals surface area contributed by atoms with Gasteiger partial charge in [-0.1, -0.05) is 121 Å². The first kappa shape index (κ1) is 28.4. The van der Waals surface area contributed by atoms with E-state index in [4.69, 9.17) is 4.42 Å². The van der Waals surface area contributed by atoms with Crippen LogP contribution in [0.2, 0.25) is 0 Å². The molecule has 7 rings (SSSR count). The lowest BCUT2D eigenvalue weighted by molar-refractivity contribution is 0.551. The van der Waals surface area contributed by atoms with Gasteiger partial charge in [-0.05, 0) is 75.3 Å². The van der Waals surface area contributed by atoms with Crippen molar-refractivity contribution in [1.29, 1.82) is 0 Å². The zero-order valence-corrected chi connectivity index (χ0v) is 24.7. The molecule has 1 aromatic heterocycles. The van der Waals surface area contributed by atoms with E-state index < -0.39 is 0 Å². The first-order chi connectivity index (χ1) is 22.7. The molecule has 0 aliphatic carbocycles. The van der Waals surface area contributed by atoms with Crippen molar-refractivity contribution < 1.29 is 9.52 Å². The molecule has 0 saturated carbocycles. The molecule has 0 bridgehead atoms. The van der Waals surface area contributed by atoms with Crippen LogP contribution in [0.1, 0.15) is 11.1 Å². The molecule has 220 valence electrons. The quantitative estimate of drug-likeness (QED) is 0.108. The number of benzene rings is 6. The zero-order valence-electron chi connectivity index (χ0n) is 24.7. The summed E-state index contributed by atoms with van der Waals surface area (Å²) >= 11 is 0. The van der Waals surface area contributed by atoms with Gasteiger partial charge in [0, 0.05) is 16.7 Å². The molecule has 0 radical (unpaired) electrons. The maximum absolute atomic E-state index is 10.5. The molecule has 0 aliphatic heterocycles. The molecule has 0 saturated heterocycles. The third-order valence-corrected chi connectivity index (χ3v) is 7.65. The van der Waals surface area contributed by atoms with Crippen LogP contribution in [0, 0.1) is 0 Å². The second kappa shape index (κ2) is 13.1. The summed E-state index contributed by atoms with van der Waals surface area (Å²) < 4.78 is 6.00. The summed E-state index contributed by atoms with van der Waals surface area (Å²) in [5.74, 6) is 0.778. The minimum atomic E-state index is -0.152. The Bertz CT molecular complexity index is 2100. The molecule has 6 nitrogen and oxygen atoms in total. The van der Waals surface area contributed by atoms with Crippen molar-refractivity contribution in [3.8, 4) is 56.3 Å². The largest absolute Gasteiger partial charge is 0.492 e. The number of aromatic nitrogens is 2. The molecule has 0 spiro atoms. The lowest BCUT2D eigenvalue weighted by Crippen LogP contribution is -1.97. The standard InChI is InChI=1S/C40H28N4O2/c45-38(42-41-27-28-11-13-31(14-12-28)29-7-3-1-4-8-29)35-21-15-33(16-22-35)34-19-25-37(26-20-34)40-44-43-39(46-40)36-23-17-32(18-24-36)30-9-5-2-6-10-30/h1-27H,(H,42,45)/b41-27+. The van der Waals surface area contributed by atoms with Crippen molar-refractivity contribution in [3.63, 3.8) is 0 Å². The van der Waals surface area contributed by atoms with Gasteiger partial charge in [-0.3, -0.25) is 0 Å². The van der Waals surface area contributed by atoms with Crippen molar-refractivity contribution in [2.24, 2.45) is 10.2 Å². The van der Waals surface area contributed by atoms with Crippen molar-refractivity contribution in [3.05, 3.63) is 169 Å². The number of rotatable bonds is 8. The Labute approximate surface area is 266 Å². The van der Waals surface area contributed by atoms with Crippen LogP contribution in [-0.4, -0.2) is 27.4 Å². The summed E-state index contributed by atoms with van der Waals surface area (Å²) in [6.45, 7) is 0. The zero-order chi connectivity index (χ0) is 31.1. The molecule has 0 amide bonds. The molecular formula is C40H28N4O2. The van der Waals surface area contributed by atoms with E-state index in [0.29, 0.717) is 17.3 Å². The van der Waals surface area contributed by atoms with Crippen LogP contribution >= 0.6 is 0 Å². The lowest BCUT2D eigenvalue weighted by atomic mass is 10.0. The third-order valence-electron chi connectivity index (χ3n) is 7.65. The monoisotopic (exact) mass is 596 g/mol. The van der Waals surface area contributed by atoms with E-state index in [1.807, 2.05) is 121 Å². The molecule has 0 aliphatic rings. The van der Waals surface area contributed by atoms with Gasteiger partial charge in [0.25, 0.3) is 0 Å². The molecule has 1 N–H and O–H groups in total. The van der Waals surface area contributed by atoms with Crippen LogP contribution in [0.15, 0.2) is 172 Å². The normalized spacial score (nSPS) is 11.6. The SMILES string of the molecule is O/C(=N\N=C\c1ccc(-c2ccccc2)cc1)c1ccc(-c2ccc(-c3nnc(-c4ccc(-c5ccccc5)cc4)o3)cc2)cc1. The van der Waals surface area contributed by atoms with E-state index in [1.165, 1.54) is 0 Å². The summed E-state index contributed by atoms with van der Waals surface area (Å²) in [4.78, 5) is 0. The van der Waals surface area contributed by atoms with Crippen molar-refractivity contribution in [1.82, 2.24) is 10.2 Å². The summed E-state index contributed by atoms with van der Waals surface area (Å²) in [6, 6.07) is 52.0. The third kappa shape index (κ3) is 6.42. The van der Waals surface area contributed by atoms with Gasteiger partial charge in [-0.2, -0.15) is 5.10 Å². The smallest absolute Gasteiger partial charge is 0.248 e. The van der Waals surface area contributed by atoms with Crippen molar-refractivity contribution in [2.75, 3.05) is 0 Å². The molecule has 6 aromatic carbocycles. The molecular weight excluding hydrogens is 568 g/mol. The van der Waals surface area contributed by atoms with Crippen LogP contribution < -0.4 is 0 Å². The van der Waals surface area contributed by atoms with Gasteiger partial charge < -0.3 is 9.52 Å². The number of hydrogen-bond donors (Lipinski definition) is 1. The van der Waals surface area contributed by atoms with Gasteiger partial charge in [0.2, 0.25) is 17.7 Å². The van der Waals surface area contributed by atoms with Crippen molar-refractivity contribution in [2.45, 2.75) is 0 Å². The Balaban J connectivity index is 0.984. The molecule has 6 heteroatoms. The molecule has 7 aromatic rings. The highest BCUT2D eigenvalue weighted by atomic mass is 16.4. The van der Waals surface area contributed by atoms with Gasteiger partial charge in [0.05, 0.1) is 6.21 Å². The summed E-state index contributed by atoms with van der Waals surface area (Å²) in [6.07, 6.45) is 1.62. The van der Waals surface area contributed by atoms with Crippen LogP contribution in [-0.2, 0) is 0 Å². The molecule has 0 atom stereocenters. The molecule has 0 unspecified atom stereocenters. The predicted octanol–water partition coefficient (Wildman–Crippen LogP) is 9.74.